The molecule has 2 bridgehead atoms. The fraction of sp³-hybridized carbons (Fsp3) is 0.462. The van der Waals surface area contributed by atoms with Gasteiger partial charge in [0, 0.05) is 60.3 Å². The van der Waals surface area contributed by atoms with E-state index in [9.17, 15) is 23.6 Å². The second-order valence-electron chi connectivity index (χ2n) is 14.7. The molecule has 4 heterocycles. The number of Topliss-reactive ketones (excluding diaryl/α,β-unsaturated/α-hetero) is 1. The van der Waals surface area contributed by atoms with Gasteiger partial charge in [0.2, 0.25) is 17.7 Å². The fourth-order valence-corrected chi connectivity index (χ4v) is 8.65. The van der Waals surface area contributed by atoms with Gasteiger partial charge in [-0.05, 0) is 74.8 Å². The average Bonchev–Trinajstić information content (AvgIpc) is 3.37. The van der Waals surface area contributed by atoms with Crippen LogP contribution in [0.15, 0.2) is 42.7 Å². The van der Waals surface area contributed by atoms with Gasteiger partial charge in [0.1, 0.15) is 29.9 Å². The topological polar surface area (TPSA) is 139 Å². The van der Waals surface area contributed by atoms with Crippen molar-refractivity contribution >= 4 is 46.0 Å². The summed E-state index contributed by atoms with van der Waals surface area (Å²) in [6, 6.07) is 6.72. The van der Waals surface area contributed by atoms with Crippen molar-refractivity contribution in [2.24, 2.45) is 11.3 Å². The second-order valence-corrected chi connectivity index (χ2v) is 15.1. The largest absolute Gasteiger partial charge is 0.355 e. The maximum atomic E-state index is 14.9. The highest BCUT2D eigenvalue weighted by Gasteiger charge is 2.72. The lowest BCUT2D eigenvalue weighted by molar-refractivity contribution is -0.141. The van der Waals surface area contributed by atoms with Gasteiger partial charge in [0.25, 0.3) is 0 Å². The van der Waals surface area contributed by atoms with Gasteiger partial charge in [-0.2, -0.15) is 5.10 Å². The normalized spacial score (nSPS) is 24.2. The van der Waals surface area contributed by atoms with E-state index in [0.29, 0.717) is 42.5 Å². The molecular formula is C39H43ClFN7O4. The number of hydrogen-bond acceptors (Lipinski definition) is 7. The molecule has 4 aromatic rings. The van der Waals surface area contributed by atoms with Crippen LogP contribution in [-0.2, 0) is 27.3 Å². The van der Waals surface area contributed by atoms with Gasteiger partial charge in [-0.15, -0.1) is 0 Å². The Bertz CT molecular complexity index is 2080. The predicted molar refractivity (Wildman–Crippen MR) is 194 cm³/mol. The maximum Gasteiger partial charge on any atom is 0.245 e. The van der Waals surface area contributed by atoms with Crippen molar-refractivity contribution in [3.63, 3.8) is 0 Å². The zero-order valence-electron chi connectivity index (χ0n) is 29.8. The number of benzene rings is 2. The summed E-state index contributed by atoms with van der Waals surface area (Å²) in [4.78, 5) is 65.1. The average molecular weight is 728 g/mol. The van der Waals surface area contributed by atoms with E-state index in [2.05, 4.69) is 26.7 Å². The Morgan fingerprint density at radius 1 is 1.08 bits per heavy atom. The molecule has 272 valence electrons. The second kappa shape index (κ2) is 14.0. The molecule has 1 aliphatic carbocycles. The van der Waals surface area contributed by atoms with Gasteiger partial charge < -0.3 is 15.5 Å². The summed E-state index contributed by atoms with van der Waals surface area (Å²) in [5.41, 5.74) is 3.30. The Hall–Kier alpha value is -4.71. The summed E-state index contributed by atoms with van der Waals surface area (Å²) >= 11 is 6.04. The van der Waals surface area contributed by atoms with Gasteiger partial charge in [-0.1, -0.05) is 43.5 Å². The van der Waals surface area contributed by atoms with E-state index in [1.54, 1.807) is 41.0 Å². The first-order valence-corrected chi connectivity index (χ1v) is 18.4. The maximum absolute atomic E-state index is 14.9. The number of nitrogens with one attached hydrogen (secondary N) is 2. The molecular weight excluding hydrogens is 685 g/mol. The number of amides is 3. The molecule has 1 saturated heterocycles. The number of rotatable bonds is 5. The monoisotopic (exact) mass is 727 g/mol. The summed E-state index contributed by atoms with van der Waals surface area (Å²) in [6.45, 7) is 7.15. The molecule has 2 aromatic heterocycles. The number of ketones is 1. The number of aromatic nitrogens is 4. The molecule has 11 nitrogen and oxygen atoms in total. The third kappa shape index (κ3) is 6.46. The van der Waals surface area contributed by atoms with Crippen LogP contribution in [0.1, 0.15) is 92.8 Å². The van der Waals surface area contributed by atoms with E-state index < -0.39 is 29.2 Å². The van der Waals surface area contributed by atoms with Crippen LogP contribution >= 0.6 is 11.6 Å². The molecule has 7 rings (SSSR count). The molecule has 5 atom stereocenters. The standard InChI is InChI=1S/C39H43ClFN7O4/c1-21-37-39(21)16-31(38(52)45-22(2)28-11-9-12-30(40)34(28)41)48(37)33(51)19-47-36-25(10-7-5-6-8-13-32(50)44-20-39)14-26(27-17-42-24(4)43-18-27)15-29(36)35(46-47)23(3)49/h9,11-12,14-15,17-18,21-22,31,37H,5-8,10,13,16,19-20H2,1-4H3,(H,44,50)(H,45,52)/t21-,22-,31-,37+,39+/m0/s1. The van der Waals surface area contributed by atoms with Crippen LogP contribution in [0.2, 0.25) is 5.02 Å². The van der Waals surface area contributed by atoms with Crippen molar-refractivity contribution in [1.82, 2.24) is 35.3 Å². The Balaban J connectivity index is 1.28. The van der Waals surface area contributed by atoms with E-state index in [1.165, 1.54) is 13.0 Å². The van der Waals surface area contributed by atoms with Crippen molar-refractivity contribution in [3.8, 4) is 11.1 Å². The number of halogens is 2. The molecule has 0 spiro atoms. The highest BCUT2D eigenvalue weighted by molar-refractivity contribution is 6.30. The summed E-state index contributed by atoms with van der Waals surface area (Å²) in [6.07, 6.45) is 8.27. The number of nitrogens with zero attached hydrogens (tertiary/aromatic N) is 5. The lowest BCUT2D eigenvalue weighted by Crippen LogP contribution is -2.50. The van der Waals surface area contributed by atoms with Crippen LogP contribution in [0, 0.1) is 24.1 Å². The number of aryl methyl sites for hydroxylation is 2. The highest BCUT2D eigenvalue weighted by Crippen LogP contribution is 2.64. The smallest absolute Gasteiger partial charge is 0.245 e. The molecule has 0 unspecified atom stereocenters. The highest BCUT2D eigenvalue weighted by atomic mass is 35.5. The minimum absolute atomic E-state index is 0.0273. The lowest BCUT2D eigenvalue weighted by atomic mass is 9.95. The first kappa shape index (κ1) is 35.7. The molecule has 52 heavy (non-hydrogen) atoms. The summed E-state index contributed by atoms with van der Waals surface area (Å²) in [5.74, 6) is -0.949. The van der Waals surface area contributed by atoms with Crippen LogP contribution in [-0.4, -0.2) is 66.8 Å². The van der Waals surface area contributed by atoms with E-state index in [-0.39, 0.29) is 52.4 Å². The third-order valence-electron chi connectivity index (χ3n) is 11.3. The quantitative estimate of drug-likeness (QED) is 0.244. The van der Waals surface area contributed by atoms with Crippen molar-refractivity contribution in [2.45, 2.75) is 97.3 Å². The van der Waals surface area contributed by atoms with Gasteiger partial charge in [-0.25, -0.2) is 14.4 Å². The zero-order valence-corrected chi connectivity index (χ0v) is 30.6. The zero-order chi connectivity index (χ0) is 36.9. The molecule has 3 aliphatic rings. The summed E-state index contributed by atoms with van der Waals surface area (Å²) in [7, 11) is 0. The van der Waals surface area contributed by atoms with E-state index in [0.717, 1.165) is 42.4 Å². The molecule has 2 aliphatic heterocycles. The third-order valence-corrected chi connectivity index (χ3v) is 11.6. The number of hydrogen-bond donors (Lipinski definition) is 2. The molecule has 2 aromatic carbocycles. The summed E-state index contributed by atoms with van der Waals surface area (Å²) in [5, 5.41) is 11.4. The SMILES string of the molecule is CC(=O)c1nn2c3c(cc(-c4cnc(C)nc4)cc13)CCCCCCC(=O)NC[C@@]13C[C@@H](C(=O)N[C@@H](C)c4cccc(Cl)c4F)N(C(=O)C2)[C@@H]1[C@@H]3C. The van der Waals surface area contributed by atoms with Gasteiger partial charge in [0.15, 0.2) is 5.78 Å². The number of piperidine rings is 1. The number of carbonyl (C=O) groups excluding carboxylic acids is 4. The van der Waals surface area contributed by atoms with Crippen LogP contribution in [0.4, 0.5) is 4.39 Å². The molecule has 2 N–H and O–H groups in total. The van der Waals surface area contributed by atoms with Crippen molar-refractivity contribution in [2.75, 3.05) is 6.54 Å². The Morgan fingerprint density at radius 3 is 2.54 bits per heavy atom. The molecule has 1 saturated carbocycles. The predicted octanol–water partition coefficient (Wildman–Crippen LogP) is 5.90. The van der Waals surface area contributed by atoms with Crippen LogP contribution in [0.3, 0.4) is 0 Å². The Morgan fingerprint density at radius 2 is 1.81 bits per heavy atom. The van der Waals surface area contributed by atoms with Crippen LogP contribution in [0.25, 0.3) is 22.0 Å². The van der Waals surface area contributed by atoms with Crippen LogP contribution in [0.5, 0.6) is 0 Å². The van der Waals surface area contributed by atoms with Gasteiger partial charge in [0.05, 0.1) is 16.6 Å². The van der Waals surface area contributed by atoms with E-state index in [4.69, 9.17) is 16.7 Å². The Labute approximate surface area is 306 Å². The van der Waals surface area contributed by atoms with E-state index >= 15 is 0 Å². The summed E-state index contributed by atoms with van der Waals surface area (Å²) < 4.78 is 16.6. The molecule has 3 amide bonds. The minimum atomic E-state index is -0.865. The molecule has 13 heteroatoms. The molecule has 0 radical (unpaired) electrons. The van der Waals surface area contributed by atoms with E-state index in [1.807, 2.05) is 19.9 Å². The lowest BCUT2D eigenvalue weighted by Gasteiger charge is -2.29. The van der Waals surface area contributed by atoms with Crippen LogP contribution < -0.4 is 10.6 Å². The minimum Gasteiger partial charge on any atom is -0.355 e. The van der Waals surface area contributed by atoms with Crippen molar-refractivity contribution < 1.29 is 23.6 Å². The van der Waals surface area contributed by atoms with Crippen molar-refractivity contribution in [3.05, 3.63) is 76.2 Å². The van der Waals surface area contributed by atoms with Gasteiger partial charge >= 0.3 is 0 Å². The fourth-order valence-electron chi connectivity index (χ4n) is 8.47. The number of carbonyl (C=O) groups is 4. The molecule has 2 fully saturated rings. The Kier molecular flexibility index (Phi) is 9.62. The first-order valence-electron chi connectivity index (χ1n) is 18.0. The van der Waals surface area contributed by atoms with Gasteiger partial charge in [-0.3, -0.25) is 23.9 Å². The first-order chi connectivity index (χ1) is 24.9. The van der Waals surface area contributed by atoms with Crippen molar-refractivity contribution in [1.29, 1.82) is 0 Å².